The quantitative estimate of drug-likeness (QED) is 0.569. The first-order valence-electron chi connectivity index (χ1n) is 5.06. The Bertz CT molecular complexity index is 103. The Labute approximate surface area is 73.3 Å². The molecule has 1 rings (SSSR count). The highest BCUT2D eigenvalue weighted by Crippen LogP contribution is 2.39. The second kappa shape index (κ2) is 4.45. The van der Waals surface area contributed by atoms with Crippen LogP contribution < -0.4 is 0 Å². The van der Waals surface area contributed by atoms with E-state index in [2.05, 4.69) is 16.2 Å². The van der Waals surface area contributed by atoms with Crippen molar-refractivity contribution in [1.29, 1.82) is 0 Å². The molecule has 1 atom stereocenters. The van der Waals surface area contributed by atoms with Gasteiger partial charge in [0.25, 0.3) is 0 Å². The Morgan fingerprint density at radius 1 is 1.18 bits per heavy atom. The molecule has 0 aliphatic heterocycles. The van der Waals surface area contributed by atoms with Gasteiger partial charge in [-0.25, -0.2) is 0 Å². The van der Waals surface area contributed by atoms with Gasteiger partial charge in [0.2, 0.25) is 0 Å². The smallest absolute Gasteiger partial charge is 0.0150 e. The van der Waals surface area contributed by atoms with Crippen molar-refractivity contribution in [3.63, 3.8) is 0 Å². The summed E-state index contributed by atoms with van der Waals surface area (Å²) in [5, 5.41) is 0.647. The number of hydrogen-bond acceptors (Lipinski definition) is 0. The largest absolute Gasteiger partial charge is 0.131 e. The molecule has 1 saturated carbocycles. The molecule has 0 spiro atoms. The predicted octanol–water partition coefficient (Wildman–Crippen LogP) is 3.75. The molecule has 0 N–H and O–H groups in total. The van der Waals surface area contributed by atoms with Crippen LogP contribution in [-0.4, -0.2) is 5.16 Å². The minimum absolute atomic E-state index is 0.647. The Balaban J connectivity index is 2.25. The molecule has 0 amide bonds. The highest BCUT2D eigenvalue weighted by Gasteiger charge is 2.25. The van der Waals surface area contributed by atoms with Crippen molar-refractivity contribution in [2.75, 3.05) is 0 Å². The van der Waals surface area contributed by atoms with Crippen molar-refractivity contribution < 1.29 is 0 Å². The van der Waals surface area contributed by atoms with Crippen molar-refractivity contribution in [3.8, 4) is 0 Å². The highest BCUT2D eigenvalue weighted by atomic mass is 31.0. The fourth-order valence-electron chi connectivity index (χ4n) is 2.03. The van der Waals surface area contributed by atoms with E-state index in [0.29, 0.717) is 5.16 Å². The standard InChI is InChI=1S/C10H21P/c1-2-3-7-10(11)8-5-4-6-9-10/h2-9,11H2,1H3. The number of rotatable bonds is 3. The molecule has 0 bridgehead atoms. The minimum Gasteiger partial charge on any atom is -0.131 e. The number of unbranched alkanes of at least 4 members (excludes halogenated alkanes) is 1. The second-order valence-electron chi connectivity index (χ2n) is 4.03. The molecule has 0 aromatic carbocycles. The van der Waals surface area contributed by atoms with E-state index in [0.717, 1.165) is 0 Å². The molecule has 1 aliphatic carbocycles. The maximum absolute atomic E-state index is 3.11. The monoisotopic (exact) mass is 172 g/mol. The van der Waals surface area contributed by atoms with E-state index in [1.165, 1.54) is 51.4 Å². The zero-order chi connectivity index (χ0) is 8.16. The summed E-state index contributed by atoms with van der Waals surface area (Å²) in [5.41, 5.74) is 0. The molecular formula is C10H21P. The summed E-state index contributed by atoms with van der Waals surface area (Å²) in [6, 6.07) is 0. The molecule has 1 heteroatoms. The van der Waals surface area contributed by atoms with Crippen molar-refractivity contribution >= 4 is 9.24 Å². The van der Waals surface area contributed by atoms with E-state index < -0.39 is 0 Å². The maximum Gasteiger partial charge on any atom is -0.0150 e. The van der Waals surface area contributed by atoms with Crippen LogP contribution in [-0.2, 0) is 0 Å². The SMILES string of the molecule is CCCCC1(P)CCCCC1. The van der Waals surface area contributed by atoms with Gasteiger partial charge in [-0.05, 0) is 24.4 Å². The number of hydrogen-bond donors (Lipinski definition) is 0. The summed E-state index contributed by atoms with van der Waals surface area (Å²) < 4.78 is 0. The Morgan fingerprint density at radius 2 is 1.82 bits per heavy atom. The van der Waals surface area contributed by atoms with Crippen molar-refractivity contribution in [1.82, 2.24) is 0 Å². The van der Waals surface area contributed by atoms with Gasteiger partial charge in [0.15, 0.2) is 0 Å². The lowest BCUT2D eigenvalue weighted by Crippen LogP contribution is -2.23. The Morgan fingerprint density at radius 3 is 2.36 bits per heavy atom. The molecule has 0 radical (unpaired) electrons. The lowest BCUT2D eigenvalue weighted by Gasteiger charge is -2.33. The van der Waals surface area contributed by atoms with E-state index >= 15 is 0 Å². The molecule has 1 unspecified atom stereocenters. The van der Waals surface area contributed by atoms with Gasteiger partial charge in [-0.15, -0.1) is 9.24 Å². The second-order valence-corrected chi connectivity index (χ2v) is 5.25. The highest BCUT2D eigenvalue weighted by molar-refractivity contribution is 7.19. The first-order valence-corrected chi connectivity index (χ1v) is 5.63. The van der Waals surface area contributed by atoms with Crippen LogP contribution in [0.15, 0.2) is 0 Å². The molecule has 11 heavy (non-hydrogen) atoms. The Hall–Kier alpha value is 0.430. The lowest BCUT2D eigenvalue weighted by molar-refractivity contribution is 0.369. The molecule has 1 fully saturated rings. The van der Waals surface area contributed by atoms with Gasteiger partial charge < -0.3 is 0 Å². The molecular weight excluding hydrogens is 151 g/mol. The zero-order valence-electron chi connectivity index (χ0n) is 7.73. The van der Waals surface area contributed by atoms with Gasteiger partial charge in [-0.1, -0.05) is 39.0 Å². The van der Waals surface area contributed by atoms with Crippen LogP contribution in [0.4, 0.5) is 0 Å². The summed E-state index contributed by atoms with van der Waals surface area (Å²) in [6.45, 7) is 2.29. The molecule has 1 aliphatic rings. The minimum atomic E-state index is 0.647. The third-order valence-electron chi connectivity index (χ3n) is 2.88. The molecule has 0 saturated heterocycles. The van der Waals surface area contributed by atoms with Crippen molar-refractivity contribution in [2.24, 2.45) is 0 Å². The van der Waals surface area contributed by atoms with E-state index in [-0.39, 0.29) is 0 Å². The fourth-order valence-corrected chi connectivity index (χ4v) is 2.65. The summed E-state index contributed by atoms with van der Waals surface area (Å²) in [7, 11) is 3.11. The van der Waals surface area contributed by atoms with Crippen LogP contribution in [0.5, 0.6) is 0 Å². The predicted molar refractivity (Wildman–Crippen MR) is 55.1 cm³/mol. The van der Waals surface area contributed by atoms with E-state index in [1.54, 1.807) is 0 Å². The molecule has 66 valence electrons. The van der Waals surface area contributed by atoms with Gasteiger partial charge in [-0.2, -0.15) is 0 Å². The molecule has 0 aromatic heterocycles. The van der Waals surface area contributed by atoms with Gasteiger partial charge in [0.05, 0.1) is 0 Å². The third-order valence-corrected chi connectivity index (χ3v) is 3.74. The Kier molecular flexibility index (Phi) is 3.85. The van der Waals surface area contributed by atoms with Crippen LogP contribution >= 0.6 is 9.24 Å². The van der Waals surface area contributed by atoms with Crippen LogP contribution in [0.2, 0.25) is 0 Å². The lowest BCUT2D eigenvalue weighted by atomic mass is 9.85. The van der Waals surface area contributed by atoms with Crippen LogP contribution in [0.25, 0.3) is 0 Å². The van der Waals surface area contributed by atoms with Gasteiger partial charge in [-0.3, -0.25) is 0 Å². The summed E-state index contributed by atoms with van der Waals surface area (Å²) in [5.74, 6) is 0. The van der Waals surface area contributed by atoms with E-state index in [1.807, 2.05) is 0 Å². The third kappa shape index (κ3) is 3.11. The van der Waals surface area contributed by atoms with Crippen LogP contribution in [0.1, 0.15) is 58.3 Å². The van der Waals surface area contributed by atoms with E-state index in [4.69, 9.17) is 0 Å². The first kappa shape index (κ1) is 9.52. The summed E-state index contributed by atoms with van der Waals surface area (Å²) >= 11 is 0. The topological polar surface area (TPSA) is 0 Å². The van der Waals surface area contributed by atoms with Crippen LogP contribution in [0, 0.1) is 0 Å². The molecule has 0 aromatic rings. The summed E-state index contributed by atoms with van der Waals surface area (Å²) in [6.07, 6.45) is 11.5. The summed E-state index contributed by atoms with van der Waals surface area (Å²) in [4.78, 5) is 0. The van der Waals surface area contributed by atoms with Gasteiger partial charge in [0, 0.05) is 0 Å². The van der Waals surface area contributed by atoms with Gasteiger partial charge in [0.1, 0.15) is 0 Å². The fraction of sp³-hybridized carbons (Fsp3) is 1.00. The maximum atomic E-state index is 3.11. The van der Waals surface area contributed by atoms with Gasteiger partial charge >= 0.3 is 0 Å². The average molecular weight is 172 g/mol. The van der Waals surface area contributed by atoms with Crippen molar-refractivity contribution in [3.05, 3.63) is 0 Å². The van der Waals surface area contributed by atoms with Crippen LogP contribution in [0.3, 0.4) is 0 Å². The van der Waals surface area contributed by atoms with E-state index in [9.17, 15) is 0 Å². The first-order chi connectivity index (χ1) is 5.27. The molecule has 0 nitrogen and oxygen atoms in total. The molecule has 0 heterocycles. The van der Waals surface area contributed by atoms with Crippen molar-refractivity contribution in [2.45, 2.75) is 63.4 Å². The average Bonchev–Trinajstić information content (AvgIpc) is 2.03. The zero-order valence-corrected chi connectivity index (χ0v) is 8.89. The normalized spacial score (nSPS) is 23.5.